The maximum atomic E-state index is 13.9. The first kappa shape index (κ1) is 18.9. The first-order chi connectivity index (χ1) is 14.6. The molecule has 2 aliphatic rings. The van der Waals surface area contributed by atoms with Gasteiger partial charge < -0.3 is 9.80 Å². The van der Waals surface area contributed by atoms with E-state index in [1.165, 1.54) is 5.56 Å². The summed E-state index contributed by atoms with van der Waals surface area (Å²) in [6.45, 7) is 3.10. The third kappa shape index (κ3) is 2.84. The minimum Gasteiger partial charge on any atom is -0.311 e. The van der Waals surface area contributed by atoms with Crippen molar-refractivity contribution in [3.05, 3.63) is 101 Å². The highest BCUT2D eigenvalue weighted by Crippen LogP contribution is 2.54. The monoisotopic (exact) mass is 414 g/mol. The van der Waals surface area contributed by atoms with Crippen LogP contribution >= 0.6 is 11.8 Å². The summed E-state index contributed by atoms with van der Waals surface area (Å²) in [5, 5.41) is 0. The molecule has 0 saturated carbocycles. The Morgan fingerprint density at radius 1 is 0.967 bits per heavy atom. The maximum absolute atomic E-state index is 13.9. The predicted octanol–water partition coefficient (Wildman–Crippen LogP) is 4.58. The molecule has 1 unspecified atom stereocenters. The summed E-state index contributed by atoms with van der Waals surface area (Å²) in [7, 11) is 0. The van der Waals surface area contributed by atoms with Crippen molar-refractivity contribution >= 4 is 29.3 Å². The van der Waals surface area contributed by atoms with E-state index in [4.69, 9.17) is 0 Å². The molecule has 1 spiro atoms. The highest BCUT2D eigenvalue weighted by atomic mass is 32.2. The molecular weight excluding hydrogens is 392 g/mol. The lowest BCUT2D eigenvalue weighted by atomic mass is 10.0. The van der Waals surface area contributed by atoms with E-state index in [0.717, 1.165) is 22.6 Å². The molecular formula is C25H22N2O2S. The average molecular weight is 415 g/mol. The van der Waals surface area contributed by atoms with Crippen LogP contribution in [0, 0.1) is 6.92 Å². The van der Waals surface area contributed by atoms with Crippen LogP contribution in [-0.4, -0.2) is 29.0 Å². The number of carbonyl (C=O) groups is 2. The minimum atomic E-state index is -0.992. The van der Waals surface area contributed by atoms with Gasteiger partial charge in [0.15, 0.2) is 4.87 Å². The molecule has 5 rings (SSSR count). The van der Waals surface area contributed by atoms with E-state index in [1.54, 1.807) is 16.7 Å². The van der Waals surface area contributed by atoms with Gasteiger partial charge in [0.05, 0.1) is 12.2 Å². The van der Waals surface area contributed by atoms with Gasteiger partial charge >= 0.3 is 0 Å². The molecule has 5 heteroatoms. The number of amides is 2. The molecule has 2 amide bonds. The summed E-state index contributed by atoms with van der Waals surface area (Å²) in [4.78, 5) is 29.9. The lowest BCUT2D eigenvalue weighted by Gasteiger charge is -2.33. The van der Waals surface area contributed by atoms with Crippen LogP contribution in [0.3, 0.4) is 0 Å². The molecule has 30 heavy (non-hydrogen) atoms. The number of carbonyl (C=O) groups excluding carboxylic acids is 2. The van der Waals surface area contributed by atoms with Crippen molar-refractivity contribution in [2.24, 2.45) is 0 Å². The summed E-state index contributed by atoms with van der Waals surface area (Å²) in [5.41, 5.74) is 4.68. The number of fused-ring (bicyclic) bond motifs is 2. The second-order valence-corrected chi connectivity index (χ2v) is 9.00. The van der Waals surface area contributed by atoms with E-state index >= 15 is 0 Å². The van der Waals surface area contributed by atoms with Gasteiger partial charge in [-0.2, -0.15) is 0 Å². The standard InChI is InChI=1S/C25H22N2O2S/c1-18-11-13-19(14-12-18)17-26-22-10-6-5-9-21(22)25(24(26)29)27(15-16-30-25)23(28)20-7-3-2-4-8-20/h2-14H,15-17H2,1H3. The Balaban J connectivity index is 1.57. The topological polar surface area (TPSA) is 40.6 Å². The number of aryl methyl sites for hydroxylation is 1. The molecule has 2 heterocycles. The van der Waals surface area contributed by atoms with Crippen molar-refractivity contribution in [3.8, 4) is 0 Å². The molecule has 3 aromatic rings. The Kier molecular flexibility index (Phi) is 4.63. The fourth-order valence-electron chi connectivity index (χ4n) is 4.34. The van der Waals surface area contributed by atoms with Crippen molar-refractivity contribution in [2.75, 3.05) is 17.2 Å². The van der Waals surface area contributed by atoms with Crippen molar-refractivity contribution < 1.29 is 9.59 Å². The van der Waals surface area contributed by atoms with E-state index in [-0.39, 0.29) is 11.8 Å². The van der Waals surface area contributed by atoms with Crippen LogP contribution in [0.4, 0.5) is 5.69 Å². The van der Waals surface area contributed by atoms with Crippen LogP contribution in [0.2, 0.25) is 0 Å². The first-order valence-corrected chi connectivity index (χ1v) is 11.1. The Bertz CT molecular complexity index is 1110. The van der Waals surface area contributed by atoms with Gasteiger partial charge in [-0.1, -0.05) is 66.2 Å². The van der Waals surface area contributed by atoms with Crippen LogP contribution in [0.25, 0.3) is 0 Å². The molecule has 0 bridgehead atoms. The Morgan fingerprint density at radius 2 is 1.67 bits per heavy atom. The molecule has 4 nitrogen and oxygen atoms in total. The zero-order chi connectivity index (χ0) is 20.7. The number of thioether (sulfide) groups is 1. The van der Waals surface area contributed by atoms with Gasteiger partial charge in [-0.25, -0.2) is 0 Å². The summed E-state index contributed by atoms with van der Waals surface area (Å²) in [6.07, 6.45) is 0. The Labute approximate surface area is 180 Å². The minimum absolute atomic E-state index is 0.0314. The molecule has 0 aliphatic carbocycles. The zero-order valence-electron chi connectivity index (χ0n) is 16.7. The second kappa shape index (κ2) is 7.33. The SMILES string of the molecule is Cc1ccc(CN2C(=O)C3(SCCN3C(=O)c3ccccc3)c3ccccc32)cc1. The summed E-state index contributed by atoms with van der Waals surface area (Å²) in [6, 6.07) is 25.4. The van der Waals surface area contributed by atoms with Gasteiger partial charge in [-0.15, -0.1) is 11.8 Å². The number of hydrogen-bond acceptors (Lipinski definition) is 3. The number of nitrogens with zero attached hydrogens (tertiary/aromatic N) is 2. The van der Waals surface area contributed by atoms with Crippen LogP contribution in [0.5, 0.6) is 0 Å². The average Bonchev–Trinajstić information content (AvgIpc) is 3.33. The number of para-hydroxylation sites is 1. The largest absolute Gasteiger partial charge is 0.311 e. The Morgan fingerprint density at radius 3 is 2.43 bits per heavy atom. The van der Waals surface area contributed by atoms with E-state index in [0.29, 0.717) is 18.7 Å². The van der Waals surface area contributed by atoms with Crippen LogP contribution in [-0.2, 0) is 16.2 Å². The number of rotatable bonds is 3. The van der Waals surface area contributed by atoms with Gasteiger partial charge in [0, 0.05) is 23.4 Å². The lowest BCUT2D eigenvalue weighted by molar-refractivity contribution is -0.123. The molecule has 2 aliphatic heterocycles. The van der Waals surface area contributed by atoms with E-state index in [9.17, 15) is 9.59 Å². The van der Waals surface area contributed by atoms with Gasteiger partial charge in [0.25, 0.3) is 11.8 Å². The molecule has 3 aromatic carbocycles. The van der Waals surface area contributed by atoms with Crippen molar-refractivity contribution in [3.63, 3.8) is 0 Å². The van der Waals surface area contributed by atoms with E-state index in [2.05, 4.69) is 31.2 Å². The lowest BCUT2D eigenvalue weighted by Crippen LogP contribution is -2.50. The third-order valence-electron chi connectivity index (χ3n) is 5.83. The molecule has 0 N–H and O–H groups in total. The van der Waals surface area contributed by atoms with Gasteiger partial charge in [0.2, 0.25) is 0 Å². The smallest absolute Gasteiger partial charge is 0.268 e. The molecule has 0 aromatic heterocycles. The van der Waals surface area contributed by atoms with Gasteiger partial charge in [0.1, 0.15) is 0 Å². The number of anilines is 1. The number of benzene rings is 3. The molecule has 1 fully saturated rings. The predicted molar refractivity (Wildman–Crippen MR) is 120 cm³/mol. The van der Waals surface area contributed by atoms with E-state index < -0.39 is 4.87 Å². The van der Waals surface area contributed by atoms with Crippen molar-refractivity contribution in [1.29, 1.82) is 0 Å². The molecule has 150 valence electrons. The van der Waals surface area contributed by atoms with Gasteiger partial charge in [-0.05, 0) is 30.7 Å². The van der Waals surface area contributed by atoms with E-state index in [1.807, 2.05) is 59.5 Å². The fraction of sp³-hybridized carbons (Fsp3) is 0.200. The summed E-state index contributed by atoms with van der Waals surface area (Å²) in [5.74, 6) is 0.605. The fourth-order valence-corrected chi connectivity index (χ4v) is 5.80. The van der Waals surface area contributed by atoms with Crippen LogP contribution in [0.15, 0.2) is 78.9 Å². The highest BCUT2D eigenvalue weighted by molar-refractivity contribution is 8.01. The van der Waals surface area contributed by atoms with Gasteiger partial charge in [-0.3, -0.25) is 9.59 Å². The molecule has 1 saturated heterocycles. The highest BCUT2D eigenvalue weighted by Gasteiger charge is 2.59. The summed E-state index contributed by atoms with van der Waals surface area (Å²) < 4.78 is 0. The van der Waals surface area contributed by atoms with Crippen molar-refractivity contribution in [2.45, 2.75) is 18.3 Å². The summed E-state index contributed by atoms with van der Waals surface area (Å²) >= 11 is 1.56. The van der Waals surface area contributed by atoms with Crippen LogP contribution in [0.1, 0.15) is 27.0 Å². The third-order valence-corrected chi connectivity index (χ3v) is 7.25. The molecule has 1 atom stereocenters. The second-order valence-electron chi connectivity index (χ2n) is 7.71. The van der Waals surface area contributed by atoms with Crippen molar-refractivity contribution in [1.82, 2.24) is 4.90 Å². The number of hydrogen-bond donors (Lipinski definition) is 0. The normalized spacial score (nSPS) is 20.1. The zero-order valence-corrected chi connectivity index (χ0v) is 17.6. The first-order valence-electron chi connectivity index (χ1n) is 10.1. The Hall–Kier alpha value is -3.05. The molecule has 0 radical (unpaired) electrons. The quantitative estimate of drug-likeness (QED) is 0.630. The maximum Gasteiger partial charge on any atom is 0.268 e. The van der Waals surface area contributed by atoms with Crippen LogP contribution < -0.4 is 4.90 Å².